The molecule has 2 heterocycles. The van der Waals surface area contributed by atoms with Crippen LogP contribution < -0.4 is 0 Å². The highest BCUT2D eigenvalue weighted by Gasteiger charge is 2.35. The van der Waals surface area contributed by atoms with E-state index in [4.69, 9.17) is 9.40 Å². The van der Waals surface area contributed by atoms with Crippen molar-refractivity contribution in [2.75, 3.05) is 0 Å². The molecule has 0 radical (unpaired) electrons. The van der Waals surface area contributed by atoms with E-state index in [-0.39, 0.29) is 21.7 Å². The molecule has 0 aliphatic heterocycles. The fourth-order valence-corrected chi connectivity index (χ4v) is 3.51. The van der Waals surface area contributed by atoms with Gasteiger partial charge in [0.2, 0.25) is 11.8 Å². The van der Waals surface area contributed by atoms with Crippen LogP contribution in [0.5, 0.6) is 0 Å². The van der Waals surface area contributed by atoms with Gasteiger partial charge in [0.05, 0.1) is 0 Å². The first-order valence-electron chi connectivity index (χ1n) is 9.88. The zero-order valence-corrected chi connectivity index (χ0v) is 19.5. The van der Waals surface area contributed by atoms with Gasteiger partial charge >= 0.3 is 0 Å². The largest absolute Gasteiger partial charge is 0.424 e. The van der Waals surface area contributed by atoms with Gasteiger partial charge in [-0.25, -0.2) is 4.98 Å². The maximum absolute atomic E-state index is 6.00. The summed E-state index contributed by atoms with van der Waals surface area (Å²) in [5, 5.41) is 9.70. The first-order chi connectivity index (χ1) is 12.2. The summed E-state index contributed by atoms with van der Waals surface area (Å²) in [5.74, 6) is 2.37. The van der Waals surface area contributed by atoms with Crippen molar-refractivity contribution in [1.82, 2.24) is 19.6 Å². The highest BCUT2D eigenvalue weighted by atomic mass is 32.1. The van der Waals surface area contributed by atoms with Crippen LogP contribution in [0.4, 0.5) is 0 Å². The molecule has 5 nitrogen and oxygen atoms in total. The summed E-state index contributed by atoms with van der Waals surface area (Å²) >= 11 is 1.54. The van der Waals surface area contributed by atoms with Gasteiger partial charge in [-0.05, 0) is 30.8 Å². The van der Waals surface area contributed by atoms with Gasteiger partial charge < -0.3 is 4.42 Å². The standard InChI is InChI=1S/C21H36N4OS/c1-11-19(5,6)14-22-17(27-25-14)21(9,10)13-12-20(7,8)16-24-23-15(26-16)18(2,3)4/h11-13H2,1-10H3. The third-order valence-corrected chi connectivity index (χ3v) is 6.60. The molecule has 152 valence electrons. The van der Waals surface area contributed by atoms with Gasteiger partial charge in [-0.15, -0.1) is 10.2 Å². The van der Waals surface area contributed by atoms with E-state index >= 15 is 0 Å². The molecular formula is C21H36N4OS. The van der Waals surface area contributed by atoms with Crippen molar-refractivity contribution in [2.45, 2.75) is 110 Å². The Morgan fingerprint density at radius 1 is 0.778 bits per heavy atom. The maximum atomic E-state index is 6.00. The average molecular weight is 393 g/mol. The average Bonchev–Trinajstić information content (AvgIpc) is 3.22. The Hall–Kier alpha value is -1.30. The van der Waals surface area contributed by atoms with Crippen molar-refractivity contribution in [1.29, 1.82) is 0 Å². The predicted octanol–water partition coefficient (Wildman–Crippen LogP) is 5.94. The van der Waals surface area contributed by atoms with E-state index in [2.05, 4.69) is 83.8 Å². The molecule has 0 aromatic carbocycles. The molecule has 0 fully saturated rings. The molecule has 0 amide bonds. The van der Waals surface area contributed by atoms with Crippen molar-refractivity contribution >= 4 is 11.5 Å². The molecule has 2 aromatic heterocycles. The highest BCUT2D eigenvalue weighted by Crippen LogP contribution is 2.38. The Morgan fingerprint density at radius 2 is 1.33 bits per heavy atom. The third-order valence-electron chi connectivity index (χ3n) is 5.51. The molecule has 0 aliphatic carbocycles. The van der Waals surface area contributed by atoms with Gasteiger partial charge in [-0.2, -0.15) is 4.37 Å². The van der Waals surface area contributed by atoms with E-state index in [0.29, 0.717) is 11.8 Å². The van der Waals surface area contributed by atoms with E-state index < -0.39 is 0 Å². The summed E-state index contributed by atoms with van der Waals surface area (Å²) in [7, 11) is 0. The number of nitrogens with zero attached hydrogens (tertiary/aromatic N) is 4. The Morgan fingerprint density at radius 3 is 1.85 bits per heavy atom. The van der Waals surface area contributed by atoms with Crippen LogP contribution in [0.3, 0.4) is 0 Å². The van der Waals surface area contributed by atoms with Crippen LogP contribution in [-0.4, -0.2) is 19.6 Å². The zero-order chi connectivity index (χ0) is 20.7. The third kappa shape index (κ3) is 4.95. The van der Waals surface area contributed by atoms with E-state index in [1.54, 1.807) is 11.5 Å². The Balaban J connectivity index is 2.13. The predicted molar refractivity (Wildman–Crippen MR) is 112 cm³/mol. The first-order valence-corrected chi connectivity index (χ1v) is 10.7. The first kappa shape index (κ1) is 22.0. The van der Waals surface area contributed by atoms with E-state index in [1.807, 2.05) is 0 Å². The molecule has 0 saturated heterocycles. The molecular weight excluding hydrogens is 356 g/mol. The van der Waals surface area contributed by atoms with Crippen molar-refractivity contribution in [3.05, 3.63) is 22.6 Å². The number of rotatable bonds is 7. The van der Waals surface area contributed by atoms with Crippen molar-refractivity contribution in [3.63, 3.8) is 0 Å². The normalized spacial score (nSPS) is 14.0. The summed E-state index contributed by atoms with van der Waals surface area (Å²) in [6.45, 7) is 21.7. The van der Waals surface area contributed by atoms with Gasteiger partial charge in [0.1, 0.15) is 10.8 Å². The minimum atomic E-state index is -0.177. The van der Waals surface area contributed by atoms with E-state index in [1.165, 1.54) is 0 Å². The summed E-state index contributed by atoms with van der Waals surface area (Å²) in [4.78, 5) is 4.89. The molecule has 6 heteroatoms. The van der Waals surface area contributed by atoms with Crippen LogP contribution in [0.15, 0.2) is 4.42 Å². The molecule has 0 bridgehead atoms. The lowest BCUT2D eigenvalue weighted by molar-refractivity contribution is 0.287. The van der Waals surface area contributed by atoms with Crippen LogP contribution >= 0.6 is 11.5 Å². The zero-order valence-electron chi connectivity index (χ0n) is 18.7. The van der Waals surface area contributed by atoms with E-state index in [9.17, 15) is 0 Å². The lowest BCUT2D eigenvalue weighted by Crippen LogP contribution is -2.25. The minimum Gasteiger partial charge on any atom is -0.424 e. The highest BCUT2D eigenvalue weighted by molar-refractivity contribution is 7.05. The Labute approximate surface area is 168 Å². The lowest BCUT2D eigenvalue weighted by Gasteiger charge is -2.27. The molecule has 0 saturated carbocycles. The van der Waals surface area contributed by atoms with Crippen LogP contribution in [0.1, 0.15) is 111 Å². The molecule has 0 aliphatic rings. The van der Waals surface area contributed by atoms with Crippen LogP contribution in [-0.2, 0) is 21.7 Å². The topological polar surface area (TPSA) is 64.7 Å². The van der Waals surface area contributed by atoms with Crippen molar-refractivity contribution < 1.29 is 4.42 Å². The van der Waals surface area contributed by atoms with Crippen LogP contribution in [0.25, 0.3) is 0 Å². The summed E-state index contributed by atoms with van der Waals surface area (Å²) in [6, 6.07) is 0. The summed E-state index contributed by atoms with van der Waals surface area (Å²) in [6.07, 6.45) is 2.95. The van der Waals surface area contributed by atoms with Crippen LogP contribution in [0, 0.1) is 0 Å². The molecule has 0 atom stereocenters. The minimum absolute atomic E-state index is 0.0250. The quantitative estimate of drug-likeness (QED) is 0.583. The second kappa shape index (κ2) is 7.26. The van der Waals surface area contributed by atoms with E-state index in [0.717, 1.165) is 30.1 Å². The number of hydrogen-bond donors (Lipinski definition) is 0. The van der Waals surface area contributed by atoms with Crippen molar-refractivity contribution in [3.8, 4) is 0 Å². The van der Waals surface area contributed by atoms with Crippen molar-refractivity contribution in [2.24, 2.45) is 0 Å². The van der Waals surface area contributed by atoms with Gasteiger partial charge in [-0.1, -0.05) is 69.2 Å². The maximum Gasteiger partial charge on any atom is 0.222 e. The smallest absolute Gasteiger partial charge is 0.222 e. The number of hydrogen-bond acceptors (Lipinski definition) is 6. The second-order valence-corrected chi connectivity index (χ2v) is 11.3. The SMILES string of the molecule is CCC(C)(C)c1nsc(C(C)(C)CCC(C)(C)c2nnc(C(C)(C)C)o2)n1. The summed E-state index contributed by atoms with van der Waals surface area (Å²) < 4.78 is 10.6. The van der Waals surface area contributed by atoms with Crippen LogP contribution in [0.2, 0.25) is 0 Å². The van der Waals surface area contributed by atoms with Gasteiger partial charge in [0, 0.05) is 21.7 Å². The molecule has 27 heavy (non-hydrogen) atoms. The lowest BCUT2D eigenvalue weighted by atomic mass is 9.79. The molecule has 0 spiro atoms. The number of aromatic nitrogens is 4. The Kier molecular flexibility index (Phi) is 5.92. The van der Waals surface area contributed by atoms with Gasteiger partial charge in [-0.3, -0.25) is 0 Å². The Bertz CT molecular complexity index is 765. The fourth-order valence-electron chi connectivity index (χ4n) is 2.57. The summed E-state index contributed by atoms with van der Waals surface area (Å²) in [5.41, 5.74) is -0.319. The molecule has 0 N–H and O–H groups in total. The molecule has 2 aromatic rings. The molecule has 0 unspecified atom stereocenters. The second-order valence-electron chi connectivity index (χ2n) is 10.6. The fraction of sp³-hybridized carbons (Fsp3) is 0.810. The van der Waals surface area contributed by atoms with Gasteiger partial charge in [0.25, 0.3) is 0 Å². The molecule has 2 rings (SSSR count). The van der Waals surface area contributed by atoms with Gasteiger partial charge in [0.15, 0.2) is 0 Å². The monoisotopic (exact) mass is 392 g/mol.